The Bertz CT molecular complexity index is 811. The van der Waals surface area contributed by atoms with Crippen LogP contribution >= 0.6 is 23.5 Å². The molecule has 1 aliphatic carbocycles. The van der Waals surface area contributed by atoms with Crippen molar-refractivity contribution in [1.82, 2.24) is 0 Å². The van der Waals surface area contributed by atoms with E-state index in [0.29, 0.717) is 12.2 Å². The number of para-hydroxylation sites is 1. The quantitative estimate of drug-likeness (QED) is 0.704. The van der Waals surface area contributed by atoms with Crippen LogP contribution in [0.4, 0.5) is 5.69 Å². The molecule has 24 heavy (non-hydrogen) atoms. The molecule has 4 rings (SSSR count). The lowest BCUT2D eigenvalue weighted by molar-refractivity contribution is -0.116. The summed E-state index contributed by atoms with van der Waals surface area (Å²) in [6.07, 6.45) is 4.64. The first-order valence-corrected chi connectivity index (χ1v) is 10.3. The van der Waals surface area contributed by atoms with Crippen LogP contribution in [-0.2, 0) is 4.79 Å². The summed E-state index contributed by atoms with van der Waals surface area (Å²) in [6, 6.07) is 17.0. The van der Waals surface area contributed by atoms with Crippen LogP contribution in [-0.4, -0.2) is 12.0 Å². The number of nitrogens with one attached hydrogen (secondary N) is 1. The first-order chi connectivity index (χ1) is 11.8. The van der Waals surface area contributed by atoms with Crippen LogP contribution < -0.4 is 5.32 Å². The molecular formula is C20H19NOS2. The van der Waals surface area contributed by atoms with Crippen LogP contribution in [0.25, 0.3) is 0 Å². The van der Waals surface area contributed by atoms with Crippen molar-refractivity contribution in [3.8, 4) is 0 Å². The van der Waals surface area contributed by atoms with Gasteiger partial charge in [0.05, 0.1) is 10.9 Å². The van der Waals surface area contributed by atoms with Crippen molar-refractivity contribution in [3.63, 3.8) is 0 Å². The van der Waals surface area contributed by atoms with Crippen LogP contribution in [0.2, 0.25) is 0 Å². The van der Waals surface area contributed by atoms with Crippen LogP contribution in [0.3, 0.4) is 0 Å². The van der Waals surface area contributed by atoms with Crippen molar-refractivity contribution in [2.24, 2.45) is 0 Å². The molecule has 1 N–H and O–H groups in total. The van der Waals surface area contributed by atoms with Crippen molar-refractivity contribution in [2.45, 2.75) is 34.3 Å². The zero-order chi connectivity index (χ0) is 16.5. The second-order valence-electron chi connectivity index (χ2n) is 6.06. The lowest BCUT2D eigenvalue weighted by Gasteiger charge is -2.24. The molecule has 1 atom stereocenters. The van der Waals surface area contributed by atoms with E-state index < -0.39 is 0 Å². The summed E-state index contributed by atoms with van der Waals surface area (Å²) >= 11 is 3.53. The van der Waals surface area contributed by atoms with E-state index in [4.69, 9.17) is 0 Å². The SMILES string of the molecule is CSc1ccc(C2Sc3ccccc3NC3=C2C(=O)CCC3)cc1. The second-order valence-corrected chi connectivity index (χ2v) is 8.09. The standard InChI is InChI=1S/C20H19NOS2/c1-23-14-11-9-13(10-12-14)20-19-16(6-4-7-17(19)22)21-15-5-2-3-8-18(15)24-20/h2-3,5,8-12,20-21H,4,6-7H2,1H3. The van der Waals surface area contributed by atoms with Gasteiger partial charge in [-0.3, -0.25) is 4.79 Å². The number of hydrogen-bond donors (Lipinski definition) is 1. The Balaban J connectivity index is 1.83. The summed E-state index contributed by atoms with van der Waals surface area (Å²) in [5.74, 6) is 0.294. The third-order valence-electron chi connectivity index (χ3n) is 4.55. The summed E-state index contributed by atoms with van der Waals surface area (Å²) in [4.78, 5) is 15.2. The van der Waals surface area contributed by atoms with Gasteiger partial charge in [0.25, 0.3) is 0 Å². The van der Waals surface area contributed by atoms with E-state index in [-0.39, 0.29) is 5.25 Å². The van der Waals surface area contributed by atoms with Gasteiger partial charge in [0.2, 0.25) is 0 Å². The minimum Gasteiger partial charge on any atom is -0.358 e. The molecule has 0 saturated heterocycles. The maximum Gasteiger partial charge on any atom is 0.162 e. The second kappa shape index (κ2) is 6.69. The predicted molar refractivity (Wildman–Crippen MR) is 103 cm³/mol. The number of Topliss-reactive ketones (excluding diaryl/α,β-unsaturated/α-hetero) is 1. The number of carbonyl (C=O) groups is 1. The zero-order valence-electron chi connectivity index (χ0n) is 13.5. The van der Waals surface area contributed by atoms with Gasteiger partial charge in [-0.1, -0.05) is 24.3 Å². The van der Waals surface area contributed by atoms with Crippen molar-refractivity contribution in [1.29, 1.82) is 0 Å². The maximum atomic E-state index is 12.7. The highest BCUT2D eigenvalue weighted by Crippen LogP contribution is 2.49. The fourth-order valence-corrected chi connectivity index (χ4v) is 5.08. The molecule has 2 aliphatic rings. The first kappa shape index (κ1) is 15.9. The first-order valence-electron chi connectivity index (χ1n) is 8.19. The Hall–Kier alpha value is -1.65. The molecule has 0 fully saturated rings. The van der Waals surface area contributed by atoms with Crippen LogP contribution in [0.5, 0.6) is 0 Å². The molecule has 0 amide bonds. The number of rotatable bonds is 2. The molecule has 1 unspecified atom stereocenters. The highest BCUT2D eigenvalue weighted by Gasteiger charge is 2.32. The molecule has 1 heterocycles. The topological polar surface area (TPSA) is 29.1 Å². The predicted octanol–water partition coefficient (Wildman–Crippen LogP) is 5.67. The van der Waals surface area contributed by atoms with Crippen molar-refractivity contribution in [2.75, 3.05) is 11.6 Å². The van der Waals surface area contributed by atoms with E-state index in [0.717, 1.165) is 29.8 Å². The molecule has 2 aromatic carbocycles. The Morgan fingerprint density at radius 3 is 2.67 bits per heavy atom. The molecule has 2 aromatic rings. The van der Waals surface area contributed by atoms with Gasteiger partial charge in [-0.15, -0.1) is 23.5 Å². The van der Waals surface area contributed by atoms with E-state index in [1.54, 1.807) is 23.5 Å². The number of thioether (sulfide) groups is 2. The Labute approximate surface area is 151 Å². The number of ketones is 1. The summed E-state index contributed by atoms with van der Waals surface area (Å²) in [6.45, 7) is 0. The molecule has 2 nitrogen and oxygen atoms in total. The van der Waals surface area contributed by atoms with Gasteiger partial charge < -0.3 is 5.32 Å². The van der Waals surface area contributed by atoms with E-state index in [9.17, 15) is 4.79 Å². The largest absolute Gasteiger partial charge is 0.358 e. The van der Waals surface area contributed by atoms with E-state index >= 15 is 0 Å². The van der Waals surface area contributed by atoms with Gasteiger partial charge in [-0.25, -0.2) is 0 Å². The number of hydrogen-bond acceptors (Lipinski definition) is 4. The lowest BCUT2D eigenvalue weighted by atomic mass is 9.89. The van der Waals surface area contributed by atoms with Gasteiger partial charge in [-0.05, 0) is 48.9 Å². The monoisotopic (exact) mass is 353 g/mol. The third kappa shape index (κ3) is 2.89. The van der Waals surface area contributed by atoms with Crippen molar-refractivity contribution >= 4 is 35.0 Å². The molecule has 0 radical (unpaired) electrons. The fraction of sp³-hybridized carbons (Fsp3) is 0.250. The molecule has 1 aliphatic heterocycles. The highest BCUT2D eigenvalue weighted by atomic mass is 32.2. The zero-order valence-corrected chi connectivity index (χ0v) is 15.2. The summed E-state index contributed by atoms with van der Waals surface area (Å²) in [7, 11) is 0. The van der Waals surface area contributed by atoms with Gasteiger partial charge in [-0.2, -0.15) is 0 Å². The average Bonchev–Trinajstić information content (AvgIpc) is 2.79. The number of allylic oxidation sites excluding steroid dienone is 1. The molecule has 4 heteroatoms. The summed E-state index contributed by atoms with van der Waals surface area (Å²) in [5, 5.41) is 3.62. The minimum atomic E-state index is 0.0693. The minimum absolute atomic E-state index is 0.0693. The number of anilines is 1. The molecule has 0 spiro atoms. The number of carbonyl (C=O) groups excluding carboxylic acids is 1. The maximum absolute atomic E-state index is 12.7. The number of benzene rings is 2. The van der Waals surface area contributed by atoms with Crippen molar-refractivity contribution < 1.29 is 4.79 Å². The summed E-state index contributed by atoms with van der Waals surface area (Å²) in [5.41, 5.74) is 4.41. The number of fused-ring (bicyclic) bond motifs is 1. The van der Waals surface area contributed by atoms with Crippen LogP contribution in [0.1, 0.15) is 30.1 Å². The highest BCUT2D eigenvalue weighted by molar-refractivity contribution is 8.00. The van der Waals surface area contributed by atoms with Crippen LogP contribution in [0, 0.1) is 0 Å². The Kier molecular flexibility index (Phi) is 4.42. The average molecular weight is 354 g/mol. The Morgan fingerprint density at radius 1 is 1.08 bits per heavy atom. The van der Waals surface area contributed by atoms with E-state index in [1.807, 2.05) is 6.07 Å². The van der Waals surface area contributed by atoms with Gasteiger partial charge in [0.15, 0.2) is 5.78 Å². The molecule has 0 bridgehead atoms. The summed E-state index contributed by atoms with van der Waals surface area (Å²) < 4.78 is 0. The third-order valence-corrected chi connectivity index (χ3v) is 6.65. The van der Waals surface area contributed by atoms with E-state index in [2.05, 4.69) is 54.0 Å². The molecule has 122 valence electrons. The molecule has 0 saturated carbocycles. The smallest absolute Gasteiger partial charge is 0.162 e. The van der Waals surface area contributed by atoms with Crippen molar-refractivity contribution in [3.05, 3.63) is 65.4 Å². The molecule has 0 aromatic heterocycles. The van der Waals surface area contributed by atoms with Gasteiger partial charge in [0.1, 0.15) is 0 Å². The normalized spacial score (nSPS) is 20.0. The van der Waals surface area contributed by atoms with Crippen LogP contribution in [0.15, 0.2) is 69.6 Å². The Morgan fingerprint density at radius 2 is 1.88 bits per heavy atom. The lowest BCUT2D eigenvalue weighted by Crippen LogP contribution is -2.19. The van der Waals surface area contributed by atoms with Gasteiger partial charge >= 0.3 is 0 Å². The van der Waals surface area contributed by atoms with E-state index in [1.165, 1.54) is 15.4 Å². The fourth-order valence-electron chi connectivity index (χ4n) is 3.33. The van der Waals surface area contributed by atoms with Gasteiger partial charge in [0, 0.05) is 27.5 Å². The molecular weight excluding hydrogens is 334 g/mol.